The van der Waals surface area contributed by atoms with Crippen molar-refractivity contribution in [1.82, 2.24) is 9.80 Å². The van der Waals surface area contributed by atoms with Crippen LogP contribution in [-0.4, -0.2) is 80.1 Å². The van der Waals surface area contributed by atoms with Gasteiger partial charge in [0, 0.05) is 26.2 Å². The van der Waals surface area contributed by atoms with Gasteiger partial charge in [-0.3, -0.25) is 13.3 Å². The Hall–Kier alpha value is -1.82. The maximum atomic E-state index is 12.4. The van der Waals surface area contributed by atoms with E-state index in [1.54, 1.807) is 24.3 Å². The van der Waals surface area contributed by atoms with Crippen molar-refractivity contribution in [1.29, 1.82) is 0 Å². The molecular formula is C22H32N2O6S2. The minimum atomic E-state index is -3.85. The van der Waals surface area contributed by atoms with Crippen LogP contribution >= 0.6 is 0 Å². The zero-order valence-corrected chi connectivity index (χ0v) is 20.7. The lowest BCUT2D eigenvalue weighted by Gasteiger charge is -2.23. The summed E-state index contributed by atoms with van der Waals surface area (Å²) in [7, 11) is -3.85. The SMILES string of the molecule is Cc1ccc(S(=O)(=O)OCCN(CCOS(=O)(=O)c2ccc(C)cc2)CCN(C)C)cc1. The first-order valence-electron chi connectivity index (χ1n) is 10.3. The van der Waals surface area contributed by atoms with E-state index in [0.29, 0.717) is 19.6 Å². The van der Waals surface area contributed by atoms with Crippen molar-refractivity contribution < 1.29 is 25.2 Å². The first kappa shape index (κ1) is 26.4. The fourth-order valence-electron chi connectivity index (χ4n) is 2.77. The molecule has 0 saturated carbocycles. The lowest BCUT2D eigenvalue weighted by molar-refractivity contribution is 0.170. The Balaban J connectivity index is 1.91. The average Bonchev–Trinajstić information content (AvgIpc) is 2.72. The van der Waals surface area contributed by atoms with Gasteiger partial charge in [0.2, 0.25) is 0 Å². The van der Waals surface area contributed by atoms with Gasteiger partial charge in [-0.15, -0.1) is 0 Å². The minimum absolute atomic E-state index is 0.0473. The van der Waals surface area contributed by atoms with Crippen LogP contribution in [0.5, 0.6) is 0 Å². The van der Waals surface area contributed by atoms with E-state index < -0.39 is 20.2 Å². The minimum Gasteiger partial charge on any atom is -0.308 e. The number of likely N-dealkylation sites (N-methyl/N-ethyl adjacent to an activating group) is 1. The van der Waals surface area contributed by atoms with Gasteiger partial charge in [0.25, 0.3) is 20.2 Å². The number of hydrogen-bond donors (Lipinski definition) is 0. The van der Waals surface area contributed by atoms with E-state index in [-0.39, 0.29) is 23.0 Å². The summed E-state index contributed by atoms with van der Waals surface area (Å²) in [6, 6.07) is 12.9. The molecule has 178 valence electrons. The van der Waals surface area contributed by atoms with Gasteiger partial charge in [-0.05, 0) is 52.2 Å². The summed E-state index contributed by atoms with van der Waals surface area (Å²) >= 11 is 0. The quantitative estimate of drug-likeness (QED) is 0.400. The highest BCUT2D eigenvalue weighted by atomic mass is 32.2. The van der Waals surface area contributed by atoms with Crippen LogP contribution in [0, 0.1) is 13.8 Å². The van der Waals surface area contributed by atoms with Crippen LogP contribution in [0.1, 0.15) is 11.1 Å². The summed E-state index contributed by atoms with van der Waals surface area (Å²) in [6.45, 7) is 5.61. The van der Waals surface area contributed by atoms with E-state index in [2.05, 4.69) is 0 Å². The summed E-state index contributed by atoms with van der Waals surface area (Å²) in [4.78, 5) is 4.11. The molecule has 0 aliphatic heterocycles. The van der Waals surface area contributed by atoms with Crippen LogP contribution in [-0.2, 0) is 28.6 Å². The van der Waals surface area contributed by atoms with Crippen LogP contribution in [0.3, 0.4) is 0 Å². The normalized spacial score (nSPS) is 12.6. The Morgan fingerprint density at radius 3 is 1.34 bits per heavy atom. The molecule has 0 atom stereocenters. The molecule has 0 aromatic heterocycles. The van der Waals surface area contributed by atoms with Crippen molar-refractivity contribution >= 4 is 20.2 Å². The fraction of sp³-hybridized carbons (Fsp3) is 0.455. The average molecular weight is 485 g/mol. The topological polar surface area (TPSA) is 93.2 Å². The van der Waals surface area contributed by atoms with Gasteiger partial charge in [-0.2, -0.15) is 16.8 Å². The molecule has 0 heterocycles. The van der Waals surface area contributed by atoms with Gasteiger partial charge in [0.05, 0.1) is 23.0 Å². The van der Waals surface area contributed by atoms with Gasteiger partial charge >= 0.3 is 0 Å². The highest BCUT2D eigenvalue weighted by Crippen LogP contribution is 2.14. The van der Waals surface area contributed by atoms with Crippen molar-refractivity contribution in [2.24, 2.45) is 0 Å². The summed E-state index contributed by atoms with van der Waals surface area (Å²) in [5, 5.41) is 0. The highest BCUT2D eigenvalue weighted by Gasteiger charge is 2.18. The maximum Gasteiger partial charge on any atom is 0.297 e. The molecule has 2 rings (SSSR count). The van der Waals surface area contributed by atoms with E-state index in [9.17, 15) is 16.8 Å². The predicted octanol–water partition coefficient (Wildman–Crippen LogP) is 2.28. The molecule has 32 heavy (non-hydrogen) atoms. The van der Waals surface area contributed by atoms with Crippen LogP contribution < -0.4 is 0 Å². The number of nitrogens with zero attached hydrogens (tertiary/aromatic N) is 2. The zero-order valence-electron chi connectivity index (χ0n) is 19.0. The molecular weight excluding hydrogens is 452 g/mol. The Morgan fingerprint density at radius 2 is 1.00 bits per heavy atom. The standard InChI is InChI=1S/C22H32N2O6S2/c1-19-5-9-21(10-6-19)31(25,26)29-17-15-24(14-13-23(3)4)16-18-30-32(27,28)22-11-7-20(2)8-12-22/h5-12H,13-18H2,1-4H3. The summed E-state index contributed by atoms with van der Waals surface area (Å²) in [5.41, 5.74) is 1.92. The number of hydrogen-bond acceptors (Lipinski definition) is 8. The van der Waals surface area contributed by atoms with Crippen molar-refractivity contribution in [2.45, 2.75) is 23.6 Å². The van der Waals surface area contributed by atoms with Crippen LogP contribution in [0.25, 0.3) is 0 Å². The van der Waals surface area contributed by atoms with Gasteiger partial charge in [-0.1, -0.05) is 35.4 Å². The molecule has 0 aliphatic rings. The van der Waals surface area contributed by atoms with Gasteiger partial charge in [-0.25, -0.2) is 0 Å². The molecule has 0 aliphatic carbocycles. The van der Waals surface area contributed by atoms with Crippen molar-refractivity contribution in [3.8, 4) is 0 Å². The van der Waals surface area contributed by atoms with E-state index >= 15 is 0 Å². The Morgan fingerprint density at radius 1 is 0.625 bits per heavy atom. The van der Waals surface area contributed by atoms with E-state index in [0.717, 1.165) is 17.7 Å². The first-order valence-corrected chi connectivity index (χ1v) is 13.1. The maximum absolute atomic E-state index is 12.4. The molecule has 8 nitrogen and oxygen atoms in total. The molecule has 0 fully saturated rings. The van der Waals surface area contributed by atoms with Crippen LogP contribution in [0.15, 0.2) is 58.3 Å². The third-order valence-electron chi connectivity index (χ3n) is 4.77. The molecule has 0 spiro atoms. The third-order valence-corrected chi connectivity index (χ3v) is 7.43. The van der Waals surface area contributed by atoms with Crippen molar-refractivity contribution in [3.05, 3.63) is 59.7 Å². The van der Waals surface area contributed by atoms with Crippen molar-refractivity contribution in [2.75, 3.05) is 53.5 Å². The lowest BCUT2D eigenvalue weighted by atomic mass is 10.2. The molecule has 0 amide bonds. The van der Waals surface area contributed by atoms with Gasteiger partial charge < -0.3 is 4.90 Å². The second-order valence-electron chi connectivity index (χ2n) is 7.82. The molecule has 2 aromatic carbocycles. The van der Waals surface area contributed by atoms with E-state index in [4.69, 9.17) is 8.37 Å². The first-order chi connectivity index (χ1) is 15.0. The van der Waals surface area contributed by atoms with E-state index in [1.807, 2.05) is 37.7 Å². The largest absolute Gasteiger partial charge is 0.308 e. The zero-order chi connectivity index (χ0) is 23.8. The fourth-order valence-corrected chi connectivity index (χ4v) is 4.57. The van der Waals surface area contributed by atoms with Crippen molar-refractivity contribution in [3.63, 3.8) is 0 Å². The summed E-state index contributed by atoms with van der Waals surface area (Å²) in [6.07, 6.45) is 0. The van der Waals surface area contributed by atoms with Gasteiger partial charge in [0.15, 0.2) is 0 Å². The Labute approximate surface area is 192 Å². The molecule has 2 aromatic rings. The number of rotatable bonds is 13. The lowest BCUT2D eigenvalue weighted by Crippen LogP contribution is -2.37. The molecule has 0 N–H and O–H groups in total. The van der Waals surface area contributed by atoms with Crippen LogP contribution in [0.4, 0.5) is 0 Å². The molecule has 0 radical (unpaired) electrons. The Bertz CT molecular complexity index is 969. The second-order valence-corrected chi connectivity index (χ2v) is 11.1. The van der Waals surface area contributed by atoms with E-state index in [1.165, 1.54) is 24.3 Å². The highest BCUT2D eigenvalue weighted by molar-refractivity contribution is 7.87. The molecule has 0 unspecified atom stereocenters. The summed E-state index contributed by atoms with van der Waals surface area (Å²) < 4.78 is 59.8. The van der Waals surface area contributed by atoms with Crippen LogP contribution in [0.2, 0.25) is 0 Å². The monoisotopic (exact) mass is 484 g/mol. The summed E-state index contributed by atoms with van der Waals surface area (Å²) in [5.74, 6) is 0. The predicted molar refractivity (Wildman–Crippen MR) is 124 cm³/mol. The second kappa shape index (κ2) is 11.9. The molecule has 0 bridgehead atoms. The number of aryl methyl sites for hydroxylation is 2. The molecule has 0 saturated heterocycles. The number of benzene rings is 2. The molecule has 10 heteroatoms. The smallest absolute Gasteiger partial charge is 0.297 e. The third kappa shape index (κ3) is 8.61. The van der Waals surface area contributed by atoms with Gasteiger partial charge in [0.1, 0.15) is 0 Å². The Kier molecular flexibility index (Phi) is 9.81.